The van der Waals surface area contributed by atoms with E-state index < -0.39 is 0 Å². The molecule has 0 aliphatic rings. The standard InChI is InChI=1S/C10H9ClN2S/c11-5-8-6-12-10(13-7-8)4-9-2-1-3-14-9/h1-3,6-7H,4-5H2. The Bertz CT molecular complexity index is 383. The molecule has 2 heterocycles. The number of aromatic nitrogens is 2. The first-order valence-electron chi connectivity index (χ1n) is 4.26. The van der Waals surface area contributed by atoms with E-state index in [1.807, 2.05) is 6.07 Å². The number of alkyl halides is 1. The van der Waals surface area contributed by atoms with E-state index in [1.54, 1.807) is 23.7 Å². The maximum atomic E-state index is 5.64. The summed E-state index contributed by atoms with van der Waals surface area (Å²) in [6, 6.07) is 4.12. The highest BCUT2D eigenvalue weighted by Crippen LogP contribution is 2.12. The number of nitrogens with zero attached hydrogens (tertiary/aromatic N) is 2. The van der Waals surface area contributed by atoms with Gasteiger partial charge < -0.3 is 0 Å². The average molecular weight is 225 g/mol. The lowest BCUT2D eigenvalue weighted by Gasteiger charge is -1.98. The highest BCUT2D eigenvalue weighted by Gasteiger charge is 1.99. The Morgan fingerprint density at radius 2 is 2.07 bits per heavy atom. The van der Waals surface area contributed by atoms with E-state index in [1.165, 1.54) is 4.88 Å². The summed E-state index contributed by atoms with van der Waals surface area (Å²) in [5.74, 6) is 1.32. The fourth-order valence-corrected chi connectivity index (χ4v) is 1.95. The van der Waals surface area contributed by atoms with Gasteiger partial charge in [0.15, 0.2) is 0 Å². The number of hydrogen-bond donors (Lipinski definition) is 0. The van der Waals surface area contributed by atoms with E-state index in [2.05, 4.69) is 21.4 Å². The lowest BCUT2D eigenvalue weighted by molar-refractivity contribution is 0.963. The normalized spacial score (nSPS) is 10.4. The van der Waals surface area contributed by atoms with Crippen molar-refractivity contribution in [1.82, 2.24) is 9.97 Å². The van der Waals surface area contributed by atoms with Gasteiger partial charge in [0.05, 0.1) is 5.88 Å². The molecular weight excluding hydrogens is 216 g/mol. The van der Waals surface area contributed by atoms with E-state index in [-0.39, 0.29) is 0 Å². The molecule has 0 aromatic carbocycles. The topological polar surface area (TPSA) is 25.8 Å². The van der Waals surface area contributed by atoms with E-state index in [0.717, 1.165) is 17.8 Å². The predicted octanol–water partition coefficient (Wildman–Crippen LogP) is 2.87. The summed E-state index contributed by atoms with van der Waals surface area (Å²) < 4.78 is 0. The SMILES string of the molecule is ClCc1cnc(Cc2cccs2)nc1. The largest absolute Gasteiger partial charge is 0.241 e. The summed E-state index contributed by atoms with van der Waals surface area (Å²) in [7, 11) is 0. The molecule has 2 aromatic heterocycles. The van der Waals surface area contributed by atoms with Crippen LogP contribution in [-0.4, -0.2) is 9.97 Å². The molecule has 0 spiro atoms. The minimum absolute atomic E-state index is 0.472. The fourth-order valence-electron chi connectivity index (χ4n) is 1.11. The van der Waals surface area contributed by atoms with Gasteiger partial charge in [0, 0.05) is 29.3 Å². The predicted molar refractivity (Wildman–Crippen MR) is 58.7 cm³/mol. The van der Waals surface area contributed by atoms with Gasteiger partial charge in [-0.3, -0.25) is 0 Å². The Hall–Kier alpha value is -0.930. The molecule has 2 rings (SSSR count). The van der Waals surface area contributed by atoms with Crippen molar-refractivity contribution in [1.29, 1.82) is 0 Å². The monoisotopic (exact) mass is 224 g/mol. The molecule has 0 fully saturated rings. The van der Waals surface area contributed by atoms with Crippen LogP contribution in [0.25, 0.3) is 0 Å². The third-order valence-electron chi connectivity index (χ3n) is 1.83. The van der Waals surface area contributed by atoms with Crippen LogP contribution in [0.15, 0.2) is 29.9 Å². The molecule has 0 aliphatic heterocycles. The lowest BCUT2D eigenvalue weighted by atomic mass is 10.3. The molecule has 0 aliphatic carbocycles. The highest BCUT2D eigenvalue weighted by atomic mass is 35.5. The third kappa shape index (κ3) is 2.30. The van der Waals surface area contributed by atoms with Crippen molar-refractivity contribution in [2.24, 2.45) is 0 Å². The molecule has 0 bridgehead atoms. The molecular formula is C10H9ClN2S. The lowest BCUT2D eigenvalue weighted by Crippen LogP contribution is -1.95. The van der Waals surface area contributed by atoms with Gasteiger partial charge in [0.25, 0.3) is 0 Å². The fraction of sp³-hybridized carbons (Fsp3) is 0.200. The van der Waals surface area contributed by atoms with Crippen molar-refractivity contribution in [3.8, 4) is 0 Å². The van der Waals surface area contributed by atoms with Gasteiger partial charge in [0.2, 0.25) is 0 Å². The molecule has 0 radical (unpaired) electrons. The summed E-state index contributed by atoms with van der Waals surface area (Å²) in [5, 5.41) is 2.06. The van der Waals surface area contributed by atoms with Crippen LogP contribution in [0.2, 0.25) is 0 Å². The van der Waals surface area contributed by atoms with Crippen molar-refractivity contribution >= 4 is 22.9 Å². The summed E-state index contributed by atoms with van der Waals surface area (Å²) in [4.78, 5) is 9.75. The summed E-state index contributed by atoms with van der Waals surface area (Å²) >= 11 is 7.37. The van der Waals surface area contributed by atoms with Crippen LogP contribution in [-0.2, 0) is 12.3 Å². The van der Waals surface area contributed by atoms with Crippen LogP contribution < -0.4 is 0 Å². The third-order valence-corrected chi connectivity index (χ3v) is 3.01. The first kappa shape index (κ1) is 9.62. The van der Waals surface area contributed by atoms with Crippen molar-refractivity contribution in [3.05, 3.63) is 46.2 Å². The molecule has 72 valence electrons. The van der Waals surface area contributed by atoms with E-state index in [0.29, 0.717) is 5.88 Å². The summed E-state index contributed by atoms with van der Waals surface area (Å²) in [6.45, 7) is 0. The van der Waals surface area contributed by atoms with E-state index in [4.69, 9.17) is 11.6 Å². The minimum Gasteiger partial charge on any atom is -0.241 e. The second kappa shape index (κ2) is 4.53. The second-order valence-electron chi connectivity index (χ2n) is 2.90. The Morgan fingerprint density at radius 3 is 2.64 bits per heavy atom. The van der Waals surface area contributed by atoms with E-state index >= 15 is 0 Å². The number of thiophene rings is 1. The molecule has 14 heavy (non-hydrogen) atoms. The summed E-state index contributed by atoms with van der Waals surface area (Å²) in [5.41, 5.74) is 0.960. The zero-order valence-corrected chi connectivity index (χ0v) is 9.05. The van der Waals surface area contributed by atoms with Crippen LogP contribution in [0.4, 0.5) is 0 Å². The van der Waals surface area contributed by atoms with Gasteiger partial charge in [-0.2, -0.15) is 0 Å². The second-order valence-corrected chi connectivity index (χ2v) is 4.20. The van der Waals surface area contributed by atoms with Crippen LogP contribution in [0.1, 0.15) is 16.3 Å². The molecule has 0 N–H and O–H groups in total. The van der Waals surface area contributed by atoms with Gasteiger partial charge >= 0.3 is 0 Å². The number of rotatable bonds is 3. The Kier molecular flexibility index (Phi) is 3.11. The first-order valence-corrected chi connectivity index (χ1v) is 5.68. The van der Waals surface area contributed by atoms with Gasteiger partial charge in [-0.05, 0) is 11.4 Å². The number of halogens is 1. The quantitative estimate of drug-likeness (QED) is 0.750. The Balaban J connectivity index is 2.10. The van der Waals surface area contributed by atoms with Crippen LogP contribution in [0.5, 0.6) is 0 Å². The smallest absolute Gasteiger partial charge is 0.133 e. The van der Waals surface area contributed by atoms with E-state index in [9.17, 15) is 0 Å². The van der Waals surface area contributed by atoms with Gasteiger partial charge in [0.1, 0.15) is 5.82 Å². The van der Waals surface area contributed by atoms with Crippen molar-refractivity contribution < 1.29 is 0 Å². The van der Waals surface area contributed by atoms with Gasteiger partial charge in [-0.25, -0.2) is 9.97 Å². The van der Waals surface area contributed by atoms with Crippen LogP contribution in [0, 0.1) is 0 Å². The van der Waals surface area contributed by atoms with Gasteiger partial charge in [-0.1, -0.05) is 6.07 Å². The van der Waals surface area contributed by atoms with Crippen molar-refractivity contribution in [3.63, 3.8) is 0 Å². The molecule has 0 amide bonds. The maximum Gasteiger partial charge on any atom is 0.133 e. The van der Waals surface area contributed by atoms with Gasteiger partial charge in [-0.15, -0.1) is 22.9 Å². The molecule has 2 nitrogen and oxygen atoms in total. The van der Waals surface area contributed by atoms with Crippen LogP contribution >= 0.6 is 22.9 Å². The molecule has 0 atom stereocenters. The summed E-state index contributed by atoms with van der Waals surface area (Å²) in [6.07, 6.45) is 4.37. The zero-order valence-electron chi connectivity index (χ0n) is 7.48. The highest BCUT2D eigenvalue weighted by molar-refractivity contribution is 7.09. The molecule has 0 unspecified atom stereocenters. The molecule has 0 saturated heterocycles. The zero-order chi connectivity index (χ0) is 9.80. The average Bonchev–Trinajstić information content (AvgIpc) is 2.72. The molecule has 2 aromatic rings. The minimum atomic E-state index is 0.472. The Morgan fingerprint density at radius 1 is 1.29 bits per heavy atom. The molecule has 0 saturated carbocycles. The number of hydrogen-bond acceptors (Lipinski definition) is 3. The van der Waals surface area contributed by atoms with Crippen molar-refractivity contribution in [2.45, 2.75) is 12.3 Å². The first-order chi connectivity index (χ1) is 6.88. The maximum absolute atomic E-state index is 5.64. The molecule has 4 heteroatoms. The van der Waals surface area contributed by atoms with Crippen LogP contribution in [0.3, 0.4) is 0 Å². The Labute approximate surface area is 91.6 Å². The van der Waals surface area contributed by atoms with Crippen molar-refractivity contribution in [2.75, 3.05) is 0 Å².